The van der Waals surface area contributed by atoms with Crippen molar-refractivity contribution in [3.05, 3.63) is 104 Å². The predicted octanol–water partition coefficient (Wildman–Crippen LogP) is 7.55. The van der Waals surface area contributed by atoms with E-state index in [9.17, 15) is 9.18 Å². The number of benzene rings is 3. The first-order chi connectivity index (χ1) is 19.8. The van der Waals surface area contributed by atoms with Crippen LogP contribution in [-0.4, -0.2) is 36.5 Å². The summed E-state index contributed by atoms with van der Waals surface area (Å²) in [5, 5.41) is 3.85. The van der Waals surface area contributed by atoms with E-state index in [1.54, 1.807) is 0 Å². The maximum absolute atomic E-state index is 14.4. The number of hydrogen-bond acceptors (Lipinski definition) is 3. The number of halogens is 3. The van der Waals surface area contributed by atoms with E-state index in [4.69, 9.17) is 27.9 Å². The first kappa shape index (κ1) is 28.3. The van der Waals surface area contributed by atoms with Gasteiger partial charge in [-0.05, 0) is 91.1 Å². The van der Waals surface area contributed by atoms with E-state index in [-0.39, 0.29) is 21.9 Å². The normalized spacial score (nSPS) is 19.9. The van der Waals surface area contributed by atoms with E-state index in [1.807, 2.05) is 0 Å². The molecule has 0 bridgehead atoms. The van der Waals surface area contributed by atoms with Gasteiger partial charge in [-0.1, -0.05) is 65.7 Å². The van der Waals surface area contributed by atoms with Crippen LogP contribution in [0.4, 0.5) is 4.39 Å². The Bertz CT molecular complexity index is 1480. The van der Waals surface area contributed by atoms with Crippen LogP contribution in [0, 0.1) is 31.5 Å². The number of fused-ring (bicyclic) bond motifs is 1. The highest BCUT2D eigenvalue weighted by Crippen LogP contribution is 2.46. The molecule has 2 fully saturated rings. The van der Waals surface area contributed by atoms with E-state index < -0.39 is 5.82 Å². The number of carbonyl (C=O) groups is 1. The quantitative estimate of drug-likeness (QED) is 0.279. The fraction of sp³-hybridized carbons (Fsp3) is 0.382. The molecule has 214 valence electrons. The Kier molecular flexibility index (Phi) is 8.13. The van der Waals surface area contributed by atoms with Crippen molar-refractivity contribution < 1.29 is 13.9 Å². The molecule has 3 aromatic carbocycles. The number of nitrogens with zero attached hydrogens (tertiary/aromatic N) is 1. The fourth-order valence-corrected chi connectivity index (χ4v) is 6.90. The van der Waals surface area contributed by atoms with Crippen molar-refractivity contribution in [1.29, 1.82) is 0 Å². The summed E-state index contributed by atoms with van der Waals surface area (Å²) in [4.78, 5) is 16.5. The zero-order chi connectivity index (χ0) is 28.7. The third kappa shape index (κ3) is 5.90. The highest BCUT2D eigenvalue weighted by Gasteiger charge is 2.44. The Morgan fingerprint density at radius 3 is 2.49 bits per heavy atom. The van der Waals surface area contributed by atoms with E-state index in [2.05, 4.69) is 66.5 Å². The summed E-state index contributed by atoms with van der Waals surface area (Å²) in [6, 6.07) is 17.6. The maximum atomic E-state index is 14.4. The standard InChI is InChI=1S/C34H35Cl2FN2O2/c1-20-4-3-5-24(21(20)2)19-39(27-10-11-27)34(40)32-28(14-25-17-38-18-29(25)32)23-8-6-22(7-9-23)12-13-41-33-30(35)15-26(37)16-31(33)36/h3-9,15-16,25,27,29,38H,10-14,17-19H2,1-2H3/t25-,29+/m0/s1. The molecular weight excluding hydrogens is 558 g/mol. The van der Waals surface area contributed by atoms with Gasteiger partial charge in [-0.3, -0.25) is 4.79 Å². The molecule has 4 nitrogen and oxygen atoms in total. The SMILES string of the molecule is Cc1cccc(CN(C(=O)C2=C(c3ccc(CCOc4c(Cl)cc(F)cc4Cl)cc3)C[C@H]3CNC[C@@H]23)C2CC2)c1C. The van der Waals surface area contributed by atoms with Crippen molar-refractivity contribution in [2.75, 3.05) is 19.7 Å². The summed E-state index contributed by atoms with van der Waals surface area (Å²) in [6.45, 7) is 7.14. The van der Waals surface area contributed by atoms with Gasteiger partial charge in [0.05, 0.1) is 16.7 Å². The van der Waals surface area contributed by atoms with Crippen LogP contribution in [0.3, 0.4) is 0 Å². The van der Waals surface area contributed by atoms with Crippen molar-refractivity contribution in [2.45, 2.75) is 52.1 Å². The monoisotopic (exact) mass is 592 g/mol. The van der Waals surface area contributed by atoms with Crippen LogP contribution in [0.25, 0.3) is 5.57 Å². The average Bonchev–Trinajstić information content (AvgIpc) is 3.57. The van der Waals surface area contributed by atoms with Gasteiger partial charge in [0.15, 0.2) is 5.75 Å². The van der Waals surface area contributed by atoms with Crippen LogP contribution in [0.2, 0.25) is 10.0 Å². The summed E-state index contributed by atoms with van der Waals surface area (Å²) in [5.41, 5.74) is 8.21. The number of hydrogen-bond donors (Lipinski definition) is 1. The topological polar surface area (TPSA) is 41.6 Å². The molecule has 0 radical (unpaired) electrons. The molecule has 3 aliphatic rings. The summed E-state index contributed by atoms with van der Waals surface area (Å²) in [7, 11) is 0. The largest absolute Gasteiger partial charge is 0.490 e. The Labute approximate surface area is 251 Å². The van der Waals surface area contributed by atoms with Gasteiger partial charge in [-0.15, -0.1) is 0 Å². The first-order valence-corrected chi connectivity index (χ1v) is 15.2. The van der Waals surface area contributed by atoms with Crippen LogP contribution in [0.5, 0.6) is 5.75 Å². The summed E-state index contributed by atoms with van der Waals surface area (Å²) < 4.78 is 19.3. The van der Waals surface area contributed by atoms with Crippen molar-refractivity contribution in [3.8, 4) is 5.75 Å². The molecule has 3 aromatic rings. The first-order valence-electron chi connectivity index (χ1n) is 14.5. The molecule has 1 N–H and O–H groups in total. The molecule has 1 heterocycles. The lowest BCUT2D eigenvalue weighted by molar-refractivity contribution is -0.128. The molecule has 0 spiro atoms. The molecule has 41 heavy (non-hydrogen) atoms. The Balaban J connectivity index is 1.21. The smallest absolute Gasteiger partial charge is 0.250 e. The van der Waals surface area contributed by atoms with Gasteiger partial charge < -0.3 is 15.0 Å². The number of carbonyl (C=O) groups excluding carboxylic acids is 1. The third-order valence-corrected chi connectivity index (χ3v) is 9.50. The third-order valence-electron chi connectivity index (χ3n) is 8.94. The Hall–Kier alpha value is -2.86. The van der Waals surface area contributed by atoms with Gasteiger partial charge in [-0.25, -0.2) is 4.39 Å². The van der Waals surface area contributed by atoms with Gasteiger partial charge in [0.25, 0.3) is 5.91 Å². The van der Waals surface area contributed by atoms with Crippen molar-refractivity contribution in [2.24, 2.45) is 11.8 Å². The molecule has 1 saturated carbocycles. The van der Waals surface area contributed by atoms with Gasteiger partial charge in [-0.2, -0.15) is 0 Å². The molecule has 0 unspecified atom stereocenters. The van der Waals surface area contributed by atoms with Crippen LogP contribution in [0.1, 0.15) is 47.1 Å². The minimum atomic E-state index is -0.493. The highest BCUT2D eigenvalue weighted by atomic mass is 35.5. The summed E-state index contributed by atoms with van der Waals surface area (Å²) >= 11 is 12.2. The highest BCUT2D eigenvalue weighted by molar-refractivity contribution is 6.37. The molecule has 2 aliphatic carbocycles. The molecule has 2 atom stereocenters. The Morgan fingerprint density at radius 1 is 1.05 bits per heavy atom. The number of ether oxygens (including phenoxy) is 1. The maximum Gasteiger partial charge on any atom is 0.250 e. The average molecular weight is 594 g/mol. The van der Waals surface area contributed by atoms with E-state index in [0.717, 1.165) is 49.1 Å². The van der Waals surface area contributed by atoms with E-state index in [1.165, 1.54) is 34.4 Å². The second-order valence-corrected chi connectivity index (χ2v) is 12.5. The Morgan fingerprint density at radius 2 is 1.78 bits per heavy atom. The number of rotatable bonds is 9. The van der Waals surface area contributed by atoms with E-state index in [0.29, 0.717) is 37.3 Å². The minimum absolute atomic E-state index is 0.161. The van der Waals surface area contributed by atoms with Gasteiger partial charge in [0, 0.05) is 37.0 Å². The minimum Gasteiger partial charge on any atom is -0.490 e. The van der Waals surface area contributed by atoms with Crippen molar-refractivity contribution in [1.82, 2.24) is 10.2 Å². The second-order valence-electron chi connectivity index (χ2n) is 11.6. The molecule has 7 heteroatoms. The summed E-state index contributed by atoms with van der Waals surface area (Å²) in [5.74, 6) is 0.740. The van der Waals surface area contributed by atoms with Crippen molar-refractivity contribution >= 4 is 34.7 Å². The summed E-state index contributed by atoms with van der Waals surface area (Å²) in [6.07, 6.45) is 3.73. The van der Waals surface area contributed by atoms with Crippen LogP contribution in [0.15, 0.2) is 60.2 Å². The van der Waals surface area contributed by atoms with Gasteiger partial charge in [0.1, 0.15) is 5.82 Å². The van der Waals surface area contributed by atoms with Gasteiger partial charge in [0.2, 0.25) is 0 Å². The zero-order valence-corrected chi connectivity index (χ0v) is 25.0. The number of amides is 1. The molecule has 1 amide bonds. The second kappa shape index (κ2) is 11.8. The van der Waals surface area contributed by atoms with Crippen molar-refractivity contribution in [3.63, 3.8) is 0 Å². The fourth-order valence-electron chi connectivity index (χ4n) is 6.33. The molecule has 1 saturated heterocycles. The number of nitrogens with one attached hydrogen (secondary N) is 1. The zero-order valence-electron chi connectivity index (χ0n) is 23.5. The molecule has 0 aromatic heterocycles. The lowest BCUT2D eigenvalue weighted by Crippen LogP contribution is -2.36. The lowest BCUT2D eigenvalue weighted by Gasteiger charge is -2.27. The lowest BCUT2D eigenvalue weighted by atomic mass is 9.93. The number of aryl methyl sites for hydroxylation is 1. The molecular formula is C34H35Cl2FN2O2. The number of allylic oxidation sites excluding steroid dienone is 1. The van der Waals surface area contributed by atoms with E-state index >= 15 is 0 Å². The molecule has 6 rings (SSSR count). The van der Waals surface area contributed by atoms with Gasteiger partial charge >= 0.3 is 0 Å². The molecule has 1 aliphatic heterocycles. The van der Waals surface area contributed by atoms with Crippen LogP contribution in [-0.2, 0) is 17.8 Å². The van der Waals surface area contributed by atoms with Crippen LogP contribution >= 0.6 is 23.2 Å². The van der Waals surface area contributed by atoms with Crippen LogP contribution < -0.4 is 10.1 Å². The predicted molar refractivity (Wildman–Crippen MR) is 163 cm³/mol.